The number of aliphatic hydroxyl groups is 1. The zero-order chi connectivity index (χ0) is 16.8. The van der Waals surface area contributed by atoms with E-state index in [2.05, 4.69) is 5.32 Å². The van der Waals surface area contributed by atoms with Crippen LogP contribution in [0.2, 0.25) is 0 Å². The molecule has 118 valence electrons. The van der Waals surface area contributed by atoms with E-state index in [4.69, 9.17) is 0 Å². The SMILES string of the molecule is Cc1ccc(C(=O)C[C@@]2(O)C(=O)Nc3c(C)cc(C)cc32)cc1. The Balaban J connectivity index is 1.98. The molecule has 1 atom stereocenters. The van der Waals surface area contributed by atoms with E-state index in [1.165, 1.54) is 0 Å². The summed E-state index contributed by atoms with van der Waals surface area (Å²) in [7, 11) is 0. The van der Waals surface area contributed by atoms with Crippen molar-refractivity contribution in [2.45, 2.75) is 32.8 Å². The third-order valence-corrected chi connectivity index (χ3v) is 4.33. The molecule has 23 heavy (non-hydrogen) atoms. The number of hydrogen-bond acceptors (Lipinski definition) is 3. The molecule has 2 aromatic rings. The summed E-state index contributed by atoms with van der Waals surface area (Å²) in [6, 6.07) is 10.8. The Hall–Kier alpha value is -2.46. The number of nitrogens with one attached hydrogen (secondary N) is 1. The molecular weight excluding hydrogens is 290 g/mol. The Labute approximate surface area is 135 Å². The van der Waals surface area contributed by atoms with Crippen LogP contribution >= 0.6 is 0 Å². The van der Waals surface area contributed by atoms with Crippen LogP contribution in [-0.4, -0.2) is 16.8 Å². The van der Waals surface area contributed by atoms with Gasteiger partial charge in [0.15, 0.2) is 11.4 Å². The van der Waals surface area contributed by atoms with Crippen molar-refractivity contribution in [2.24, 2.45) is 0 Å². The van der Waals surface area contributed by atoms with E-state index in [-0.39, 0.29) is 12.2 Å². The molecule has 1 amide bonds. The zero-order valence-corrected chi connectivity index (χ0v) is 13.4. The molecule has 0 radical (unpaired) electrons. The number of Topliss-reactive ketones (excluding diaryl/α,β-unsaturated/α-hetero) is 1. The molecule has 1 aliphatic heterocycles. The fourth-order valence-corrected chi connectivity index (χ4v) is 3.05. The van der Waals surface area contributed by atoms with Gasteiger partial charge in [0.2, 0.25) is 0 Å². The first-order chi connectivity index (χ1) is 10.8. The van der Waals surface area contributed by atoms with Crippen LogP contribution in [0.5, 0.6) is 0 Å². The minimum Gasteiger partial charge on any atom is -0.375 e. The summed E-state index contributed by atoms with van der Waals surface area (Å²) < 4.78 is 0. The van der Waals surface area contributed by atoms with Gasteiger partial charge in [-0.25, -0.2) is 0 Å². The highest BCUT2D eigenvalue weighted by Crippen LogP contribution is 2.41. The number of carbonyl (C=O) groups is 2. The maximum Gasteiger partial charge on any atom is 0.261 e. The van der Waals surface area contributed by atoms with Crippen LogP contribution in [0.1, 0.15) is 39.0 Å². The van der Waals surface area contributed by atoms with Crippen molar-refractivity contribution in [1.82, 2.24) is 0 Å². The molecular formula is C19H19NO3. The number of amides is 1. The van der Waals surface area contributed by atoms with E-state index >= 15 is 0 Å². The highest BCUT2D eigenvalue weighted by Gasteiger charge is 2.47. The third-order valence-electron chi connectivity index (χ3n) is 4.33. The molecule has 3 rings (SSSR count). The predicted octanol–water partition coefficient (Wildman–Crippen LogP) is 3.02. The Bertz CT molecular complexity index is 808. The van der Waals surface area contributed by atoms with Gasteiger partial charge in [-0.3, -0.25) is 9.59 Å². The Morgan fingerprint density at radius 2 is 1.74 bits per heavy atom. The molecule has 4 heteroatoms. The van der Waals surface area contributed by atoms with Crippen molar-refractivity contribution in [3.63, 3.8) is 0 Å². The number of benzene rings is 2. The van der Waals surface area contributed by atoms with Crippen molar-refractivity contribution < 1.29 is 14.7 Å². The Morgan fingerprint density at radius 1 is 1.09 bits per heavy atom. The van der Waals surface area contributed by atoms with Crippen LogP contribution in [0.3, 0.4) is 0 Å². The number of hydrogen-bond donors (Lipinski definition) is 2. The summed E-state index contributed by atoms with van der Waals surface area (Å²) in [5, 5.41) is 13.6. The molecule has 0 aliphatic carbocycles. The van der Waals surface area contributed by atoms with Gasteiger partial charge >= 0.3 is 0 Å². The number of rotatable bonds is 3. The second-order valence-corrected chi connectivity index (χ2v) is 6.28. The lowest BCUT2D eigenvalue weighted by atomic mass is 9.86. The maximum atomic E-state index is 12.5. The van der Waals surface area contributed by atoms with E-state index < -0.39 is 11.5 Å². The first-order valence-electron chi connectivity index (χ1n) is 7.57. The molecule has 0 saturated carbocycles. The van der Waals surface area contributed by atoms with Gasteiger partial charge in [-0.05, 0) is 26.3 Å². The number of carbonyl (C=O) groups excluding carboxylic acids is 2. The van der Waals surface area contributed by atoms with Crippen molar-refractivity contribution in [3.05, 3.63) is 64.2 Å². The Kier molecular flexibility index (Phi) is 3.57. The highest BCUT2D eigenvalue weighted by atomic mass is 16.3. The van der Waals surface area contributed by atoms with Gasteiger partial charge < -0.3 is 10.4 Å². The molecule has 1 heterocycles. The second-order valence-electron chi connectivity index (χ2n) is 6.28. The summed E-state index contributed by atoms with van der Waals surface area (Å²) in [5.41, 5.74) is 2.66. The summed E-state index contributed by atoms with van der Waals surface area (Å²) in [5.74, 6) is -0.795. The molecule has 0 unspecified atom stereocenters. The molecule has 2 N–H and O–H groups in total. The lowest BCUT2D eigenvalue weighted by Gasteiger charge is -2.20. The van der Waals surface area contributed by atoms with Crippen LogP contribution in [0.25, 0.3) is 0 Å². The van der Waals surface area contributed by atoms with Gasteiger partial charge in [0, 0.05) is 11.1 Å². The molecule has 0 aromatic heterocycles. The molecule has 4 nitrogen and oxygen atoms in total. The standard InChI is InChI=1S/C19H19NO3/c1-11-4-6-14(7-5-11)16(21)10-19(23)15-9-12(2)8-13(3)17(15)20-18(19)22/h4-9,23H,10H2,1-3H3,(H,20,22)/t19-/m0/s1. The van der Waals surface area contributed by atoms with Crippen LogP contribution in [0.4, 0.5) is 5.69 Å². The van der Waals surface area contributed by atoms with E-state index in [1.54, 1.807) is 18.2 Å². The van der Waals surface area contributed by atoms with Crippen molar-refractivity contribution >= 4 is 17.4 Å². The highest BCUT2D eigenvalue weighted by molar-refractivity contribution is 6.10. The number of ketones is 1. The van der Waals surface area contributed by atoms with E-state index in [9.17, 15) is 14.7 Å². The quantitative estimate of drug-likeness (QED) is 0.857. The van der Waals surface area contributed by atoms with E-state index in [0.29, 0.717) is 16.8 Å². The molecule has 0 bridgehead atoms. The number of aryl methyl sites for hydroxylation is 3. The average Bonchev–Trinajstić information content (AvgIpc) is 2.73. The topological polar surface area (TPSA) is 66.4 Å². The van der Waals surface area contributed by atoms with Crippen molar-refractivity contribution in [3.8, 4) is 0 Å². The van der Waals surface area contributed by atoms with Crippen LogP contribution in [0.15, 0.2) is 36.4 Å². The lowest BCUT2D eigenvalue weighted by molar-refractivity contribution is -0.133. The molecule has 0 fully saturated rings. The van der Waals surface area contributed by atoms with Gasteiger partial charge in [-0.2, -0.15) is 0 Å². The summed E-state index contributed by atoms with van der Waals surface area (Å²) in [6.45, 7) is 5.71. The minimum atomic E-state index is -1.81. The maximum absolute atomic E-state index is 12.5. The van der Waals surface area contributed by atoms with Gasteiger partial charge in [0.05, 0.1) is 12.1 Å². The predicted molar refractivity (Wildman–Crippen MR) is 88.6 cm³/mol. The monoisotopic (exact) mass is 309 g/mol. The molecule has 2 aromatic carbocycles. The van der Waals surface area contributed by atoms with Crippen molar-refractivity contribution in [1.29, 1.82) is 0 Å². The van der Waals surface area contributed by atoms with E-state index in [0.717, 1.165) is 16.7 Å². The lowest BCUT2D eigenvalue weighted by Crippen LogP contribution is -2.36. The van der Waals surface area contributed by atoms with Gasteiger partial charge in [0.25, 0.3) is 5.91 Å². The fourth-order valence-electron chi connectivity index (χ4n) is 3.05. The van der Waals surface area contributed by atoms with Gasteiger partial charge in [-0.1, -0.05) is 47.5 Å². The van der Waals surface area contributed by atoms with Crippen LogP contribution < -0.4 is 5.32 Å². The zero-order valence-electron chi connectivity index (χ0n) is 13.4. The third kappa shape index (κ3) is 2.55. The minimum absolute atomic E-state index is 0.255. The molecule has 1 aliphatic rings. The van der Waals surface area contributed by atoms with Crippen LogP contribution in [0, 0.1) is 20.8 Å². The average molecular weight is 309 g/mol. The fraction of sp³-hybridized carbons (Fsp3) is 0.263. The van der Waals surface area contributed by atoms with Crippen molar-refractivity contribution in [2.75, 3.05) is 5.32 Å². The summed E-state index contributed by atoms with van der Waals surface area (Å²) >= 11 is 0. The summed E-state index contributed by atoms with van der Waals surface area (Å²) in [6.07, 6.45) is -0.266. The number of fused-ring (bicyclic) bond motifs is 1. The van der Waals surface area contributed by atoms with E-state index in [1.807, 2.05) is 39.0 Å². The molecule has 0 spiro atoms. The largest absolute Gasteiger partial charge is 0.375 e. The normalized spacial score (nSPS) is 19.4. The van der Waals surface area contributed by atoms with Gasteiger partial charge in [0.1, 0.15) is 0 Å². The Morgan fingerprint density at radius 3 is 2.39 bits per heavy atom. The first-order valence-corrected chi connectivity index (χ1v) is 7.57. The first kappa shape index (κ1) is 15.4. The molecule has 0 saturated heterocycles. The van der Waals surface area contributed by atoms with Gasteiger partial charge in [-0.15, -0.1) is 0 Å². The number of anilines is 1. The summed E-state index contributed by atoms with van der Waals surface area (Å²) in [4.78, 5) is 24.8. The van der Waals surface area contributed by atoms with Crippen LogP contribution in [-0.2, 0) is 10.4 Å². The second kappa shape index (κ2) is 5.32. The smallest absolute Gasteiger partial charge is 0.261 e.